The van der Waals surface area contributed by atoms with Gasteiger partial charge in [0.25, 0.3) is 0 Å². The molecule has 5 heteroatoms. The van der Waals surface area contributed by atoms with Gasteiger partial charge in [0.1, 0.15) is 24.3 Å². The van der Waals surface area contributed by atoms with Gasteiger partial charge in [0, 0.05) is 35.5 Å². The highest BCUT2D eigenvalue weighted by molar-refractivity contribution is 5.93. The third kappa shape index (κ3) is 2.65. The van der Waals surface area contributed by atoms with E-state index in [9.17, 15) is 19.5 Å². The molecule has 3 aliphatic rings. The number of ketones is 2. The van der Waals surface area contributed by atoms with Gasteiger partial charge in [-0.15, -0.1) is 6.58 Å². The first-order valence-electron chi connectivity index (χ1n) is 10.1. The van der Waals surface area contributed by atoms with E-state index < -0.39 is 29.5 Å². The molecule has 0 aromatic rings. The Balaban J connectivity index is 2.22. The van der Waals surface area contributed by atoms with Crippen LogP contribution in [0.2, 0.25) is 0 Å². The summed E-state index contributed by atoms with van der Waals surface area (Å²) in [6.07, 6.45) is 4.31. The quantitative estimate of drug-likeness (QED) is 0.605. The Labute approximate surface area is 161 Å². The number of aliphatic hydroxyl groups is 1. The van der Waals surface area contributed by atoms with Gasteiger partial charge in [0.15, 0.2) is 0 Å². The lowest BCUT2D eigenvalue weighted by atomic mass is 9.44. The Bertz CT molecular complexity index is 684. The van der Waals surface area contributed by atoms with Crippen LogP contribution in [0.4, 0.5) is 0 Å². The van der Waals surface area contributed by atoms with Gasteiger partial charge < -0.3 is 9.84 Å². The van der Waals surface area contributed by atoms with E-state index in [1.807, 2.05) is 13.8 Å². The summed E-state index contributed by atoms with van der Waals surface area (Å²) in [7, 11) is 0. The van der Waals surface area contributed by atoms with Crippen molar-refractivity contribution >= 4 is 17.5 Å². The Kier molecular flexibility index (Phi) is 4.91. The number of rotatable bonds is 3. The van der Waals surface area contributed by atoms with E-state index in [0.717, 1.165) is 19.3 Å². The molecular formula is C22H32O5. The van der Waals surface area contributed by atoms with Crippen molar-refractivity contribution in [1.82, 2.24) is 0 Å². The molecule has 3 fully saturated rings. The molecule has 0 aromatic heterocycles. The third-order valence-corrected chi connectivity index (χ3v) is 8.44. The summed E-state index contributed by atoms with van der Waals surface area (Å²) in [5.41, 5.74) is -1.76. The van der Waals surface area contributed by atoms with Gasteiger partial charge in [-0.3, -0.25) is 9.59 Å². The largest absolute Gasteiger partial charge is 0.460 e. The van der Waals surface area contributed by atoms with Crippen molar-refractivity contribution < 1.29 is 24.2 Å². The molecular weight excluding hydrogens is 344 g/mol. The Morgan fingerprint density at radius 2 is 1.96 bits per heavy atom. The summed E-state index contributed by atoms with van der Waals surface area (Å²) in [6.45, 7) is 11.2. The molecule has 1 unspecified atom stereocenters. The predicted octanol–water partition coefficient (Wildman–Crippen LogP) is 3.09. The fraction of sp³-hybridized carbons (Fsp3) is 0.773. The maximum Gasteiger partial charge on any atom is 0.332 e. The molecule has 3 aliphatic carbocycles. The maximum absolute atomic E-state index is 13.5. The van der Waals surface area contributed by atoms with Gasteiger partial charge in [-0.2, -0.15) is 0 Å². The molecule has 0 spiro atoms. The van der Waals surface area contributed by atoms with E-state index >= 15 is 0 Å². The molecule has 0 heterocycles. The van der Waals surface area contributed by atoms with Crippen molar-refractivity contribution in [3.8, 4) is 0 Å². The van der Waals surface area contributed by atoms with Gasteiger partial charge in [-0.25, -0.2) is 4.79 Å². The Hall–Kier alpha value is -1.49. The summed E-state index contributed by atoms with van der Waals surface area (Å²) in [4.78, 5) is 38.6. The highest BCUT2D eigenvalue weighted by atomic mass is 16.6. The van der Waals surface area contributed by atoms with Gasteiger partial charge in [0.05, 0.1) is 0 Å². The standard InChI is InChI=1S/C22H32O5/c1-6-20(4)11-16(27-17(25)12-23)21(5)13(2)7-9-22(14(3)19(20)26)10-8-15(24)18(21)22/h6,13-14,16,18,23H,1,7-12H2,2-5H3/t13?,14-,16+,18-,20+,21-,22-/m0/s1. The third-order valence-electron chi connectivity index (χ3n) is 8.44. The number of allylic oxidation sites excluding steroid dienone is 1. The van der Waals surface area contributed by atoms with Gasteiger partial charge >= 0.3 is 5.97 Å². The predicted molar refractivity (Wildman–Crippen MR) is 101 cm³/mol. The molecule has 27 heavy (non-hydrogen) atoms. The van der Waals surface area contributed by atoms with Crippen LogP contribution in [0.5, 0.6) is 0 Å². The van der Waals surface area contributed by atoms with Crippen molar-refractivity contribution in [2.45, 2.75) is 65.9 Å². The van der Waals surface area contributed by atoms with Gasteiger partial charge in [0.2, 0.25) is 0 Å². The van der Waals surface area contributed by atoms with E-state index in [-0.39, 0.29) is 34.7 Å². The van der Waals surface area contributed by atoms with Crippen LogP contribution in [-0.4, -0.2) is 35.4 Å². The summed E-state index contributed by atoms with van der Waals surface area (Å²) in [6, 6.07) is 0. The highest BCUT2D eigenvalue weighted by Gasteiger charge is 2.68. The smallest absolute Gasteiger partial charge is 0.332 e. The fourth-order valence-corrected chi connectivity index (χ4v) is 6.48. The van der Waals surface area contributed by atoms with Crippen LogP contribution < -0.4 is 0 Å². The average Bonchev–Trinajstić information content (AvgIpc) is 3.00. The van der Waals surface area contributed by atoms with Crippen molar-refractivity contribution in [2.75, 3.05) is 6.61 Å². The molecule has 0 amide bonds. The second-order valence-electron chi connectivity index (χ2n) is 9.49. The molecule has 0 saturated heterocycles. The van der Waals surface area contributed by atoms with Crippen LogP contribution >= 0.6 is 0 Å². The van der Waals surface area contributed by atoms with E-state index in [4.69, 9.17) is 4.74 Å². The van der Waals surface area contributed by atoms with Crippen molar-refractivity contribution in [3.63, 3.8) is 0 Å². The minimum atomic E-state index is -0.832. The summed E-state index contributed by atoms with van der Waals surface area (Å²) in [5.74, 6) is -0.794. The molecule has 1 N–H and O–H groups in total. The molecule has 0 radical (unpaired) electrons. The number of aliphatic hydroxyl groups excluding tert-OH is 1. The zero-order chi connectivity index (χ0) is 20.2. The Morgan fingerprint density at radius 3 is 2.56 bits per heavy atom. The van der Waals surface area contributed by atoms with Crippen LogP contribution in [0, 0.1) is 34.0 Å². The molecule has 7 atom stereocenters. The summed E-state index contributed by atoms with van der Waals surface area (Å²) < 4.78 is 5.73. The van der Waals surface area contributed by atoms with Crippen LogP contribution in [-0.2, 0) is 19.1 Å². The van der Waals surface area contributed by atoms with E-state index in [0.29, 0.717) is 12.8 Å². The number of ether oxygens (including phenoxy) is 1. The second-order valence-corrected chi connectivity index (χ2v) is 9.49. The molecule has 3 saturated carbocycles. The topological polar surface area (TPSA) is 80.7 Å². The lowest BCUT2D eigenvalue weighted by molar-refractivity contribution is -0.194. The minimum absolute atomic E-state index is 0.0823. The van der Waals surface area contributed by atoms with Crippen molar-refractivity contribution in [3.05, 3.63) is 12.7 Å². The zero-order valence-electron chi connectivity index (χ0n) is 16.9. The summed E-state index contributed by atoms with van der Waals surface area (Å²) in [5, 5.41) is 9.26. The molecule has 5 nitrogen and oxygen atoms in total. The molecule has 2 bridgehead atoms. The molecule has 150 valence electrons. The van der Waals surface area contributed by atoms with E-state index in [2.05, 4.69) is 20.4 Å². The first-order valence-corrected chi connectivity index (χ1v) is 10.1. The van der Waals surface area contributed by atoms with Crippen LogP contribution in [0.15, 0.2) is 12.7 Å². The monoisotopic (exact) mass is 376 g/mol. The highest BCUT2D eigenvalue weighted by Crippen LogP contribution is 2.67. The number of esters is 1. The Morgan fingerprint density at radius 1 is 1.30 bits per heavy atom. The maximum atomic E-state index is 13.5. The van der Waals surface area contributed by atoms with Crippen LogP contribution in [0.25, 0.3) is 0 Å². The van der Waals surface area contributed by atoms with Crippen molar-refractivity contribution in [1.29, 1.82) is 0 Å². The number of carbonyl (C=O) groups excluding carboxylic acids is 3. The minimum Gasteiger partial charge on any atom is -0.460 e. The number of Topliss-reactive ketones (excluding diaryl/α,β-unsaturated/α-hetero) is 2. The zero-order valence-corrected chi connectivity index (χ0v) is 16.9. The second kappa shape index (κ2) is 6.54. The lowest BCUT2D eigenvalue weighted by Gasteiger charge is -2.60. The normalized spacial score (nSPS) is 47.0. The average molecular weight is 376 g/mol. The molecule has 3 rings (SSSR count). The number of carbonyl (C=O) groups is 3. The number of hydrogen-bond acceptors (Lipinski definition) is 5. The van der Waals surface area contributed by atoms with Gasteiger partial charge in [-0.05, 0) is 37.5 Å². The summed E-state index contributed by atoms with van der Waals surface area (Å²) >= 11 is 0. The van der Waals surface area contributed by atoms with E-state index in [1.165, 1.54) is 0 Å². The first kappa shape index (κ1) is 20.2. The molecule has 0 aliphatic heterocycles. The molecule has 0 aromatic carbocycles. The fourth-order valence-electron chi connectivity index (χ4n) is 6.48. The first-order chi connectivity index (χ1) is 12.6. The number of hydrogen-bond donors (Lipinski definition) is 1. The van der Waals surface area contributed by atoms with E-state index in [1.54, 1.807) is 6.08 Å². The van der Waals surface area contributed by atoms with Gasteiger partial charge in [-0.1, -0.05) is 26.8 Å². The van der Waals surface area contributed by atoms with Crippen LogP contribution in [0.1, 0.15) is 59.8 Å². The van der Waals surface area contributed by atoms with Crippen LogP contribution in [0.3, 0.4) is 0 Å². The SMILES string of the molecule is C=C[C@]1(C)C[C@@H](OC(=O)CO)[C@]2(C)C(C)CC[C@]3(CCC(=O)[C@H]32)[C@@H](C)C1=O. The van der Waals surface area contributed by atoms with Crippen molar-refractivity contribution in [2.24, 2.45) is 34.0 Å². The lowest BCUT2D eigenvalue weighted by Crippen LogP contribution is -2.62.